The maximum absolute atomic E-state index is 11.8. The third-order valence-electron chi connectivity index (χ3n) is 3.35. The van der Waals surface area contributed by atoms with Crippen LogP contribution in [0.25, 0.3) is 0 Å². The van der Waals surface area contributed by atoms with Gasteiger partial charge in [-0.3, -0.25) is 19.6 Å². The second-order valence-electron chi connectivity index (χ2n) is 5.38. The number of hydrazone groups is 1. The number of hydrogen-bond donors (Lipinski definition) is 1. The number of carbonyl (C=O) groups excluding carboxylic acids is 2. The van der Waals surface area contributed by atoms with Crippen molar-refractivity contribution in [1.29, 1.82) is 0 Å². The second-order valence-corrected chi connectivity index (χ2v) is 5.38. The fourth-order valence-corrected chi connectivity index (χ4v) is 2.07. The lowest BCUT2D eigenvalue weighted by atomic mass is 10.2. The molecule has 28 heavy (non-hydrogen) atoms. The highest BCUT2D eigenvalue weighted by Gasteiger charge is 2.11. The highest BCUT2D eigenvalue weighted by Crippen LogP contribution is 2.14. The van der Waals surface area contributed by atoms with Gasteiger partial charge < -0.3 is 9.15 Å². The summed E-state index contributed by atoms with van der Waals surface area (Å²) in [6.07, 6.45) is 4.96. The Morgan fingerprint density at radius 2 is 2.11 bits per heavy atom. The SMILES string of the molecule is O=C(Cn1cc([N+](=O)[O-])cn1)N/N=C\c1ccc(OC(=O)c2ccco2)cc1. The van der Waals surface area contributed by atoms with Gasteiger partial charge in [-0.1, -0.05) is 0 Å². The average molecular weight is 383 g/mol. The van der Waals surface area contributed by atoms with Crippen molar-refractivity contribution in [2.75, 3.05) is 0 Å². The van der Waals surface area contributed by atoms with E-state index in [2.05, 4.69) is 15.6 Å². The minimum atomic E-state index is -0.613. The number of amides is 1. The maximum Gasteiger partial charge on any atom is 0.379 e. The third kappa shape index (κ3) is 4.88. The van der Waals surface area contributed by atoms with Crippen LogP contribution < -0.4 is 10.2 Å². The van der Waals surface area contributed by atoms with Crippen molar-refractivity contribution in [3.05, 3.63) is 76.5 Å². The molecule has 3 rings (SSSR count). The molecule has 1 aromatic carbocycles. The summed E-state index contributed by atoms with van der Waals surface area (Å²) in [4.78, 5) is 33.5. The molecule has 1 amide bonds. The number of carbonyl (C=O) groups is 2. The van der Waals surface area contributed by atoms with Crippen LogP contribution in [-0.4, -0.2) is 32.8 Å². The van der Waals surface area contributed by atoms with Gasteiger partial charge in [0.2, 0.25) is 5.76 Å². The molecule has 3 aromatic rings. The third-order valence-corrected chi connectivity index (χ3v) is 3.35. The first-order valence-electron chi connectivity index (χ1n) is 7.86. The highest BCUT2D eigenvalue weighted by molar-refractivity contribution is 5.88. The molecule has 2 heterocycles. The van der Waals surface area contributed by atoms with Crippen molar-refractivity contribution in [2.24, 2.45) is 5.10 Å². The van der Waals surface area contributed by atoms with Crippen LogP contribution in [0, 0.1) is 10.1 Å². The van der Waals surface area contributed by atoms with Crippen LogP contribution in [0.15, 0.2) is 64.6 Å². The number of esters is 1. The predicted molar refractivity (Wildman–Crippen MR) is 94.7 cm³/mol. The molecular formula is C17H13N5O6. The van der Waals surface area contributed by atoms with Crippen LogP contribution >= 0.6 is 0 Å². The zero-order chi connectivity index (χ0) is 19.9. The molecule has 0 aliphatic heterocycles. The number of furan rings is 1. The van der Waals surface area contributed by atoms with Gasteiger partial charge in [0.05, 0.1) is 17.4 Å². The average Bonchev–Trinajstić information content (AvgIpc) is 3.35. The van der Waals surface area contributed by atoms with Gasteiger partial charge in [-0.05, 0) is 42.0 Å². The number of benzene rings is 1. The Morgan fingerprint density at radius 3 is 2.75 bits per heavy atom. The standard InChI is InChI=1S/C17H13N5O6/c23-16(11-21-10-13(9-19-21)22(25)26)20-18-8-12-3-5-14(6-4-12)28-17(24)15-2-1-7-27-15/h1-10H,11H2,(H,20,23)/b18-8-. The summed E-state index contributed by atoms with van der Waals surface area (Å²) in [5.74, 6) is -0.700. The lowest BCUT2D eigenvalue weighted by molar-refractivity contribution is -0.385. The van der Waals surface area contributed by atoms with Crippen molar-refractivity contribution in [3.63, 3.8) is 0 Å². The van der Waals surface area contributed by atoms with E-state index in [9.17, 15) is 19.7 Å². The van der Waals surface area contributed by atoms with E-state index >= 15 is 0 Å². The molecule has 11 heteroatoms. The van der Waals surface area contributed by atoms with Gasteiger partial charge >= 0.3 is 11.7 Å². The first-order chi connectivity index (χ1) is 13.5. The normalized spacial score (nSPS) is 10.7. The molecule has 0 bridgehead atoms. The van der Waals surface area contributed by atoms with Crippen molar-refractivity contribution in [2.45, 2.75) is 6.54 Å². The molecule has 11 nitrogen and oxygen atoms in total. The molecule has 1 N–H and O–H groups in total. The summed E-state index contributed by atoms with van der Waals surface area (Å²) in [7, 11) is 0. The van der Waals surface area contributed by atoms with E-state index in [1.54, 1.807) is 30.3 Å². The van der Waals surface area contributed by atoms with Crippen LogP contribution in [-0.2, 0) is 11.3 Å². The summed E-state index contributed by atoms with van der Waals surface area (Å²) < 4.78 is 11.2. The van der Waals surface area contributed by atoms with E-state index in [0.29, 0.717) is 11.3 Å². The summed E-state index contributed by atoms with van der Waals surface area (Å²) >= 11 is 0. The van der Waals surface area contributed by atoms with Gasteiger partial charge in [0.15, 0.2) is 0 Å². The first-order valence-corrected chi connectivity index (χ1v) is 7.86. The van der Waals surface area contributed by atoms with Gasteiger partial charge in [0.25, 0.3) is 5.91 Å². The molecule has 0 spiro atoms. The Kier molecular flexibility index (Phi) is 5.55. The Hall–Kier alpha value is -4.28. The summed E-state index contributed by atoms with van der Waals surface area (Å²) in [6, 6.07) is 9.47. The summed E-state index contributed by atoms with van der Waals surface area (Å²) in [5, 5.41) is 18.1. The lowest BCUT2D eigenvalue weighted by Gasteiger charge is -2.02. The minimum Gasteiger partial charge on any atom is -0.457 e. The van der Waals surface area contributed by atoms with Crippen molar-refractivity contribution < 1.29 is 23.7 Å². The quantitative estimate of drug-likeness (QED) is 0.215. The molecule has 0 aliphatic carbocycles. The zero-order valence-electron chi connectivity index (χ0n) is 14.2. The number of aromatic nitrogens is 2. The number of nitrogens with one attached hydrogen (secondary N) is 1. The van der Waals surface area contributed by atoms with Crippen LogP contribution in [0.1, 0.15) is 16.1 Å². The van der Waals surface area contributed by atoms with Gasteiger partial charge in [0.1, 0.15) is 24.7 Å². The van der Waals surface area contributed by atoms with Crippen LogP contribution in [0.4, 0.5) is 5.69 Å². The molecule has 142 valence electrons. The number of ether oxygens (including phenoxy) is 1. The monoisotopic (exact) mass is 383 g/mol. The molecule has 0 unspecified atom stereocenters. The molecule has 2 aromatic heterocycles. The van der Waals surface area contributed by atoms with E-state index in [4.69, 9.17) is 9.15 Å². The first kappa shape index (κ1) is 18.5. The number of nitro groups is 1. The van der Waals surface area contributed by atoms with E-state index in [1.807, 2.05) is 0 Å². The zero-order valence-corrected chi connectivity index (χ0v) is 14.2. The largest absolute Gasteiger partial charge is 0.457 e. The summed E-state index contributed by atoms with van der Waals surface area (Å²) in [5.41, 5.74) is 2.73. The van der Waals surface area contributed by atoms with Crippen LogP contribution in [0.5, 0.6) is 5.75 Å². The molecular weight excluding hydrogens is 370 g/mol. The lowest BCUT2D eigenvalue weighted by Crippen LogP contribution is -2.23. The van der Waals surface area contributed by atoms with Crippen molar-refractivity contribution in [3.8, 4) is 5.75 Å². The fourth-order valence-electron chi connectivity index (χ4n) is 2.07. The number of rotatable bonds is 7. The van der Waals surface area contributed by atoms with Gasteiger partial charge in [-0.15, -0.1) is 0 Å². The second kappa shape index (κ2) is 8.40. The highest BCUT2D eigenvalue weighted by atomic mass is 16.6. The minimum absolute atomic E-state index is 0.0934. The molecule has 0 aliphatic rings. The molecule has 0 fully saturated rings. The predicted octanol–water partition coefficient (Wildman–Crippen LogP) is 1.75. The van der Waals surface area contributed by atoms with E-state index in [-0.39, 0.29) is 18.0 Å². The van der Waals surface area contributed by atoms with Crippen LogP contribution in [0.3, 0.4) is 0 Å². The van der Waals surface area contributed by atoms with E-state index in [0.717, 1.165) is 17.1 Å². The Morgan fingerprint density at radius 1 is 1.32 bits per heavy atom. The van der Waals surface area contributed by atoms with Crippen LogP contribution in [0.2, 0.25) is 0 Å². The van der Waals surface area contributed by atoms with Gasteiger partial charge in [0, 0.05) is 0 Å². The smallest absolute Gasteiger partial charge is 0.379 e. The Bertz CT molecular complexity index is 1010. The van der Waals surface area contributed by atoms with E-state index < -0.39 is 16.8 Å². The molecule has 0 saturated carbocycles. The van der Waals surface area contributed by atoms with Crippen molar-refractivity contribution in [1.82, 2.24) is 15.2 Å². The fraction of sp³-hybridized carbons (Fsp3) is 0.0588. The topological polar surface area (TPSA) is 142 Å². The van der Waals surface area contributed by atoms with Gasteiger partial charge in [-0.25, -0.2) is 10.2 Å². The summed E-state index contributed by atoms with van der Waals surface area (Å²) in [6.45, 7) is -0.215. The Balaban J connectivity index is 1.49. The maximum atomic E-state index is 11.8. The molecule has 0 atom stereocenters. The number of hydrogen-bond acceptors (Lipinski definition) is 8. The van der Waals surface area contributed by atoms with E-state index in [1.165, 1.54) is 18.5 Å². The van der Waals surface area contributed by atoms with Gasteiger partial charge in [-0.2, -0.15) is 10.2 Å². The molecule has 0 saturated heterocycles. The number of nitrogens with zero attached hydrogens (tertiary/aromatic N) is 4. The van der Waals surface area contributed by atoms with Crippen molar-refractivity contribution >= 4 is 23.8 Å². The molecule has 0 radical (unpaired) electrons. The Labute approximate surface area is 157 Å².